The van der Waals surface area contributed by atoms with Gasteiger partial charge in [0.25, 0.3) is 0 Å². The van der Waals surface area contributed by atoms with Gasteiger partial charge in [-0.3, -0.25) is 9.59 Å². The number of rotatable bonds is 5. The average Bonchev–Trinajstić information content (AvgIpc) is 2.67. The smallest absolute Gasteiger partial charge is 0.336 e. The van der Waals surface area contributed by atoms with E-state index in [1.807, 2.05) is 0 Å². The van der Waals surface area contributed by atoms with E-state index in [-0.39, 0.29) is 0 Å². The number of aliphatic hydroxyl groups is 1. The second-order valence-electron chi connectivity index (χ2n) is 4.30. The molecule has 0 aromatic carbocycles. The van der Waals surface area contributed by atoms with E-state index >= 15 is 0 Å². The summed E-state index contributed by atoms with van der Waals surface area (Å²) in [6, 6.07) is 0. The third kappa shape index (κ3) is 7.37. The molecule has 0 bridgehead atoms. The molecule has 0 saturated carbocycles. The van der Waals surface area contributed by atoms with Crippen molar-refractivity contribution in [3.63, 3.8) is 0 Å². The molecule has 1 aliphatic heterocycles. The fourth-order valence-electron chi connectivity index (χ4n) is 1.45. The largest absolute Gasteiger partial charge is 0.481 e. The summed E-state index contributed by atoms with van der Waals surface area (Å²) in [7, 11) is 0. The van der Waals surface area contributed by atoms with Gasteiger partial charge < -0.3 is 25.2 Å². The second-order valence-corrected chi connectivity index (χ2v) is 4.30. The van der Waals surface area contributed by atoms with E-state index in [2.05, 4.69) is 6.92 Å². The first-order valence-electron chi connectivity index (χ1n) is 5.68. The molecule has 4 N–H and O–H groups in total. The molecule has 8 nitrogen and oxygen atoms in total. The predicted molar refractivity (Wildman–Crippen MR) is 61.7 cm³/mol. The second kappa shape index (κ2) is 7.70. The van der Waals surface area contributed by atoms with Gasteiger partial charge >= 0.3 is 17.9 Å². The molecule has 19 heavy (non-hydrogen) atoms. The number of aliphatic carboxylic acids is 3. The molecular weight excluding hydrogens is 260 g/mol. The lowest BCUT2D eigenvalue weighted by Gasteiger charge is -2.18. The third-order valence-corrected chi connectivity index (χ3v) is 2.44. The molecule has 1 heterocycles. The van der Waals surface area contributed by atoms with E-state index in [4.69, 9.17) is 25.2 Å². The van der Waals surface area contributed by atoms with Crippen molar-refractivity contribution in [3.8, 4) is 0 Å². The minimum atomic E-state index is -2.74. The molecule has 1 rings (SSSR count). The van der Waals surface area contributed by atoms with Gasteiger partial charge in [-0.15, -0.1) is 0 Å². The Balaban J connectivity index is 0.000000443. The predicted octanol–water partition coefficient (Wildman–Crippen LogP) is -0.0632. The van der Waals surface area contributed by atoms with Crippen LogP contribution in [0, 0.1) is 0 Å². The lowest BCUT2D eigenvalue weighted by Crippen LogP contribution is -2.42. The van der Waals surface area contributed by atoms with Crippen molar-refractivity contribution in [1.29, 1.82) is 0 Å². The number of carboxylic acid groups (broad SMARTS) is 3. The Morgan fingerprint density at radius 2 is 1.63 bits per heavy atom. The molecule has 1 unspecified atom stereocenters. The summed E-state index contributed by atoms with van der Waals surface area (Å²) >= 11 is 0. The van der Waals surface area contributed by atoms with Crippen LogP contribution in [0.3, 0.4) is 0 Å². The van der Waals surface area contributed by atoms with Crippen LogP contribution in [0.5, 0.6) is 0 Å². The van der Waals surface area contributed by atoms with Gasteiger partial charge in [-0.1, -0.05) is 0 Å². The van der Waals surface area contributed by atoms with Crippen LogP contribution < -0.4 is 0 Å². The van der Waals surface area contributed by atoms with Gasteiger partial charge in [-0.2, -0.15) is 0 Å². The molecule has 110 valence electrons. The summed E-state index contributed by atoms with van der Waals surface area (Å²) in [6.07, 6.45) is 0.787. The van der Waals surface area contributed by atoms with Crippen LogP contribution in [-0.4, -0.2) is 56.6 Å². The number of hydrogen-bond donors (Lipinski definition) is 4. The standard InChI is InChI=1S/C6H8O7.C5H10O/c7-3(8)1-6(13,5(11)12)2-4(9)10;1-5-3-2-4-6-5/h13H,1-2H2,(H,7,8)(H,9,10)(H,11,12);5H,2-4H2,1H3. The van der Waals surface area contributed by atoms with E-state index in [0.29, 0.717) is 6.10 Å². The average molecular weight is 278 g/mol. The zero-order valence-electron chi connectivity index (χ0n) is 10.5. The van der Waals surface area contributed by atoms with E-state index in [1.54, 1.807) is 0 Å². The highest BCUT2D eigenvalue weighted by Gasteiger charge is 2.40. The van der Waals surface area contributed by atoms with Gasteiger partial charge in [0, 0.05) is 6.61 Å². The zero-order valence-corrected chi connectivity index (χ0v) is 10.5. The van der Waals surface area contributed by atoms with Crippen molar-refractivity contribution >= 4 is 17.9 Å². The molecule has 0 aliphatic carbocycles. The Kier molecular flexibility index (Phi) is 7.02. The molecule has 0 aromatic rings. The van der Waals surface area contributed by atoms with Crippen LogP contribution in [-0.2, 0) is 19.1 Å². The summed E-state index contributed by atoms with van der Waals surface area (Å²) in [5, 5.41) is 33.8. The van der Waals surface area contributed by atoms with Crippen molar-refractivity contribution in [2.24, 2.45) is 0 Å². The third-order valence-electron chi connectivity index (χ3n) is 2.44. The summed E-state index contributed by atoms with van der Waals surface area (Å²) in [5.41, 5.74) is -2.74. The highest BCUT2D eigenvalue weighted by Crippen LogP contribution is 2.15. The number of hydrogen-bond acceptors (Lipinski definition) is 5. The van der Waals surface area contributed by atoms with Gasteiger partial charge in [-0.05, 0) is 19.8 Å². The molecule has 0 amide bonds. The summed E-state index contributed by atoms with van der Waals surface area (Å²) < 4.78 is 5.15. The Morgan fingerprint density at radius 1 is 1.16 bits per heavy atom. The first-order chi connectivity index (χ1) is 8.67. The normalized spacial score (nSPS) is 18.3. The first kappa shape index (κ1) is 17.3. The maximum atomic E-state index is 10.3. The SMILES string of the molecule is CC1CCCO1.O=C(O)CC(O)(CC(=O)O)C(=O)O. The molecule has 1 fully saturated rings. The quantitative estimate of drug-likeness (QED) is 0.547. The van der Waals surface area contributed by atoms with Gasteiger partial charge in [0.05, 0.1) is 18.9 Å². The monoisotopic (exact) mass is 278 g/mol. The number of carbonyl (C=O) groups is 3. The van der Waals surface area contributed by atoms with Gasteiger partial charge in [0.1, 0.15) is 0 Å². The summed E-state index contributed by atoms with van der Waals surface area (Å²) in [5.74, 6) is -5.02. The topological polar surface area (TPSA) is 141 Å². The fraction of sp³-hybridized carbons (Fsp3) is 0.727. The maximum absolute atomic E-state index is 10.3. The van der Waals surface area contributed by atoms with Crippen LogP contribution in [0.1, 0.15) is 32.6 Å². The van der Waals surface area contributed by atoms with Gasteiger partial charge in [0.15, 0.2) is 5.60 Å². The Labute approximate surface area is 109 Å². The van der Waals surface area contributed by atoms with Gasteiger partial charge in [0.2, 0.25) is 0 Å². The van der Waals surface area contributed by atoms with Crippen molar-refractivity contribution < 1.29 is 39.5 Å². The number of ether oxygens (including phenoxy) is 1. The van der Waals surface area contributed by atoms with Crippen LogP contribution in [0.25, 0.3) is 0 Å². The molecule has 1 saturated heterocycles. The molecule has 0 radical (unpaired) electrons. The first-order valence-corrected chi connectivity index (χ1v) is 5.68. The van der Waals surface area contributed by atoms with Crippen LogP contribution in [0.2, 0.25) is 0 Å². The molecule has 0 spiro atoms. The minimum Gasteiger partial charge on any atom is -0.481 e. The van der Waals surface area contributed by atoms with Crippen LogP contribution >= 0.6 is 0 Å². The van der Waals surface area contributed by atoms with Crippen molar-refractivity contribution in [1.82, 2.24) is 0 Å². The lowest BCUT2D eigenvalue weighted by atomic mass is 9.96. The van der Waals surface area contributed by atoms with Crippen molar-refractivity contribution in [2.45, 2.75) is 44.3 Å². The fourth-order valence-corrected chi connectivity index (χ4v) is 1.45. The Morgan fingerprint density at radius 3 is 1.79 bits per heavy atom. The lowest BCUT2D eigenvalue weighted by molar-refractivity contribution is -0.170. The Hall–Kier alpha value is -1.67. The van der Waals surface area contributed by atoms with E-state index in [0.717, 1.165) is 6.61 Å². The Bertz CT molecular complexity index is 316. The van der Waals surface area contributed by atoms with Crippen molar-refractivity contribution in [3.05, 3.63) is 0 Å². The zero-order chi connectivity index (χ0) is 15.1. The van der Waals surface area contributed by atoms with Crippen LogP contribution in [0.4, 0.5) is 0 Å². The number of carboxylic acids is 3. The minimum absolute atomic E-state index is 0.546. The summed E-state index contributed by atoms with van der Waals surface area (Å²) in [4.78, 5) is 30.5. The molecule has 1 aliphatic rings. The van der Waals surface area contributed by atoms with E-state index in [1.165, 1.54) is 12.8 Å². The summed E-state index contributed by atoms with van der Waals surface area (Å²) in [6.45, 7) is 3.11. The van der Waals surface area contributed by atoms with Crippen LogP contribution in [0.15, 0.2) is 0 Å². The van der Waals surface area contributed by atoms with E-state index < -0.39 is 36.4 Å². The maximum Gasteiger partial charge on any atom is 0.336 e. The van der Waals surface area contributed by atoms with Gasteiger partial charge in [-0.25, -0.2) is 4.79 Å². The van der Waals surface area contributed by atoms with E-state index in [9.17, 15) is 14.4 Å². The molecule has 8 heteroatoms. The van der Waals surface area contributed by atoms with Crippen molar-refractivity contribution in [2.75, 3.05) is 6.61 Å². The highest BCUT2D eigenvalue weighted by atomic mass is 16.5. The molecule has 0 aromatic heterocycles. The molecule has 1 atom stereocenters. The molecular formula is C11H18O8. The highest BCUT2D eigenvalue weighted by molar-refractivity contribution is 5.88.